The lowest BCUT2D eigenvalue weighted by Gasteiger charge is -2.38. The lowest BCUT2D eigenvalue weighted by molar-refractivity contribution is 0.0697. The minimum absolute atomic E-state index is 0.0384. The second kappa shape index (κ2) is 12.2. The third kappa shape index (κ3) is 6.71. The van der Waals surface area contributed by atoms with Crippen molar-refractivity contribution in [2.75, 3.05) is 22.1 Å². The Kier molecular flexibility index (Phi) is 8.79. The zero-order valence-electron chi connectivity index (χ0n) is 21.9. The van der Waals surface area contributed by atoms with Gasteiger partial charge in [-0.2, -0.15) is 0 Å². The van der Waals surface area contributed by atoms with Crippen molar-refractivity contribution < 1.29 is 27.9 Å². The Balaban J connectivity index is 1.83. The second-order valence-corrected chi connectivity index (χ2v) is 10.2. The van der Waals surface area contributed by atoms with E-state index in [1.165, 1.54) is 30.3 Å². The number of anilines is 3. The number of rotatable bonds is 8. The monoisotopic (exact) mass is 539 g/mol. The number of nitrogens with one attached hydrogen (secondary N) is 2. The van der Waals surface area contributed by atoms with Crippen molar-refractivity contribution in [1.29, 1.82) is 0 Å². The predicted octanol–water partition coefficient (Wildman–Crippen LogP) is 7.91. The van der Waals surface area contributed by atoms with E-state index in [-0.39, 0.29) is 40.0 Å². The van der Waals surface area contributed by atoms with Crippen LogP contribution in [0.1, 0.15) is 56.3 Å². The average molecular weight is 540 g/mol. The first-order valence-corrected chi connectivity index (χ1v) is 13.1. The van der Waals surface area contributed by atoms with E-state index >= 15 is 4.39 Å². The van der Waals surface area contributed by atoms with Crippen LogP contribution in [0.4, 0.5) is 35.0 Å². The number of halogens is 3. The number of carboxylic acids is 1. The Bertz CT molecular complexity index is 1360. The third-order valence-electron chi connectivity index (χ3n) is 6.84. The largest absolute Gasteiger partial charge is 0.478 e. The standard InChI is InChI=1S/C30H32F3N3O3/c1-18(2)17-36(20-8-4-3-5-9-20)28-16-25(33)23(22-14-19(31)12-13-21(22)29(37)38)15-27(28)35-30(39)34-26-11-7-6-10-24(26)32/h6-7,10-16,18,20H,3-5,8-9,17H2,1-2H3,(H,37,38)(H2,34,35,39). The molecule has 3 N–H and O–H groups in total. The number of carbonyl (C=O) groups is 2. The van der Waals surface area contributed by atoms with Crippen molar-refractivity contribution in [3.8, 4) is 11.1 Å². The molecule has 0 radical (unpaired) electrons. The number of aromatic carboxylic acids is 1. The van der Waals surface area contributed by atoms with E-state index in [0.717, 1.165) is 50.3 Å². The highest BCUT2D eigenvalue weighted by Gasteiger charge is 2.27. The molecular weight excluding hydrogens is 507 g/mol. The van der Waals surface area contributed by atoms with Crippen molar-refractivity contribution in [3.63, 3.8) is 0 Å². The number of urea groups is 1. The first-order valence-electron chi connectivity index (χ1n) is 13.1. The Morgan fingerprint density at radius 3 is 2.26 bits per heavy atom. The van der Waals surface area contributed by atoms with Gasteiger partial charge in [0, 0.05) is 23.7 Å². The highest BCUT2D eigenvalue weighted by atomic mass is 19.1. The molecule has 0 atom stereocenters. The molecule has 0 aliphatic heterocycles. The molecule has 1 saturated carbocycles. The van der Waals surface area contributed by atoms with Gasteiger partial charge in [-0.05, 0) is 61.2 Å². The van der Waals surface area contributed by atoms with Crippen LogP contribution in [-0.2, 0) is 0 Å². The summed E-state index contributed by atoms with van der Waals surface area (Å²) in [4.78, 5) is 26.9. The van der Waals surface area contributed by atoms with E-state index in [9.17, 15) is 23.5 Å². The summed E-state index contributed by atoms with van der Waals surface area (Å²) in [6, 6.07) is 10.7. The Hall–Kier alpha value is -4.01. The number of hydrogen-bond donors (Lipinski definition) is 3. The van der Waals surface area contributed by atoms with E-state index < -0.39 is 29.5 Å². The van der Waals surface area contributed by atoms with Crippen LogP contribution in [0.5, 0.6) is 0 Å². The third-order valence-corrected chi connectivity index (χ3v) is 6.84. The Labute approximate surface area is 225 Å². The maximum Gasteiger partial charge on any atom is 0.336 e. The topological polar surface area (TPSA) is 81.7 Å². The lowest BCUT2D eigenvalue weighted by atomic mass is 9.92. The van der Waals surface area contributed by atoms with Crippen LogP contribution in [0.25, 0.3) is 11.1 Å². The summed E-state index contributed by atoms with van der Waals surface area (Å²) in [5.41, 5.74) is -0.0253. The van der Waals surface area contributed by atoms with Gasteiger partial charge in [0.05, 0.1) is 22.6 Å². The number of carbonyl (C=O) groups excluding carboxylic acids is 1. The Morgan fingerprint density at radius 2 is 1.59 bits per heavy atom. The first kappa shape index (κ1) is 28.0. The van der Waals surface area contributed by atoms with Gasteiger partial charge in [-0.3, -0.25) is 0 Å². The van der Waals surface area contributed by atoms with Gasteiger partial charge in [-0.25, -0.2) is 22.8 Å². The molecule has 3 aromatic rings. The molecule has 1 aliphatic rings. The fourth-order valence-corrected chi connectivity index (χ4v) is 5.10. The second-order valence-electron chi connectivity index (χ2n) is 10.2. The lowest BCUT2D eigenvalue weighted by Crippen LogP contribution is -2.40. The van der Waals surface area contributed by atoms with Crippen LogP contribution >= 0.6 is 0 Å². The number of hydrogen-bond acceptors (Lipinski definition) is 3. The molecular formula is C30H32F3N3O3. The van der Waals surface area contributed by atoms with E-state index in [0.29, 0.717) is 12.2 Å². The molecule has 0 bridgehead atoms. The zero-order chi connectivity index (χ0) is 28.1. The van der Waals surface area contributed by atoms with E-state index in [4.69, 9.17) is 0 Å². The molecule has 0 heterocycles. The van der Waals surface area contributed by atoms with Crippen LogP contribution in [0.15, 0.2) is 54.6 Å². The van der Waals surface area contributed by atoms with Gasteiger partial charge in [0.1, 0.15) is 17.5 Å². The summed E-state index contributed by atoms with van der Waals surface area (Å²) < 4.78 is 44.1. The quantitative estimate of drug-likeness (QED) is 0.272. The summed E-state index contributed by atoms with van der Waals surface area (Å²) in [6.45, 7) is 4.68. The van der Waals surface area contributed by atoms with Crippen molar-refractivity contribution >= 4 is 29.1 Å². The summed E-state index contributed by atoms with van der Waals surface area (Å²) >= 11 is 0. The van der Waals surface area contributed by atoms with Gasteiger partial charge < -0.3 is 20.6 Å². The van der Waals surface area contributed by atoms with Crippen molar-refractivity contribution in [3.05, 3.63) is 77.6 Å². The molecule has 3 aromatic carbocycles. The van der Waals surface area contributed by atoms with Gasteiger partial charge in [0.15, 0.2) is 0 Å². The van der Waals surface area contributed by atoms with E-state index in [2.05, 4.69) is 15.5 Å². The van der Waals surface area contributed by atoms with E-state index in [1.807, 2.05) is 13.8 Å². The van der Waals surface area contributed by atoms with Gasteiger partial charge in [-0.1, -0.05) is 45.2 Å². The van der Waals surface area contributed by atoms with Gasteiger partial charge in [-0.15, -0.1) is 0 Å². The molecule has 2 amide bonds. The number of carboxylic acid groups (broad SMARTS) is 1. The van der Waals surface area contributed by atoms with Crippen LogP contribution in [0.2, 0.25) is 0 Å². The highest BCUT2D eigenvalue weighted by Crippen LogP contribution is 2.39. The summed E-state index contributed by atoms with van der Waals surface area (Å²) in [5.74, 6) is -3.22. The first-order chi connectivity index (χ1) is 18.6. The molecule has 0 saturated heterocycles. The Morgan fingerprint density at radius 1 is 0.897 bits per heavy atom. The minimum Gasteiger partial charge on any atom is -0.478 e. The summed E-state index contributed by atoms with van der Waals surface area (Å²) in [6.07, 6.45) is 4.99. The number of para-hydroxylation sites is 1. The normalized spacial score (nSPS) is 13.8. The molecule has 1 fully saturated rings. The van der Waals surface area contributed by atoms with Crippen molar-refractivity contribution in [2.24, 2.45) is 5.92 Å². The van der Waals surface area contributed by atoms with Crippen LogP contribution in [-0.4, -0.2) is 29.7 Å². The maximum atomic E-state index is 15.8. The average Bonchev–Trinajstić information content (AvgIpc) is 2.89. The smallest absolute Gasteiger partial charge is 0.336 e. The van der Waals surface area contributed by atoms with Crippen molar-refractivity contribution in [2.45, 2.75) is 52.0 Å². The molecule has 39 heavy (non-hydrogen) atoms. The van der Waals surface area contributed by atoms with Gasteiger partial charge in [0.25, 0.3) is 0 Å². The molecule has 1 aliphatic carbocycles. The molecule has 0 spiro atoms. The highest BCUT2D eigenvalue weighted by molar-refractivity contribution is 6.03. The number of amides is 2. The van der Waals surface area contributed by atoms with E-state index in [1.54, 1.807) is 6.07 Å². The molecule has 4 rings (SSSR count). The van der Waals surface area contributed by atoms with Crippen molar-refractivity contribution in [1.82, 2.24) is 0 Å². The molecule has 206 valence electrons. The zero-order valence-corrected chi connectivity index (χ0v) is 21.9. The number of benzene rings is 3. The molecule has 0 aromatic heterocycles. The molecule has 9 heteroatoms. The van der Waals surface area contributed by atoms with Gasteiger partial charge in [0.2, 0.25) is 0 Å². The van der Waals surface area contributed by atoms with Crippen LogP contribution < -0.4 is 15.5 Å². The summed E-state index contributed by atoms with van der Waals surface area (Å²) in [7, 11) is 0. The molecule has 0 unspecified atom stereocenters. The maximum absolute atomic E-state index is 15.8. The van der Waals surface area contributed by atoms with Gasteiger partial charge >= 0.3 is 12.0 Å². The fraction of sp³-hybridized carbons (Fsp3) is 0.333. The predicted molar refractivity (Wildman–Crippen MR) is 147 cm³/mol. The molecule has 6 nitrogen and oxygen atoms in total. The fourth-order valence-electron chi connectivity index (χ4n) is 5.10. The minimum atomic E-state index is -1.34. The SMILES string of the molecule is CC(C)CN(c1cc(F)c(-c2cc(F)ccc2C(=O)O)cc1NC(=O)Nc1ccccc1F)C1CCCCC1. The summed E-state index contributed by atoms with van der Waals surface area (Å²) in [5, 5.41) is 14.8. The van der Waals surface area contributed by atoms with Crippen LogP contribution in [0.3, 0.4) is 0 Å². The van der Waals surface area contributed by atoms with Crippen LogP contribution in [0, 0.1) is 23.4 Å². The number of nitrogens with zero attached hydrogens (tertiary/aromatic N) is 1.